The van der Waals surface area contributed by atoms with Crippen LogP contribution in [-0.4, -0.2) is 27.6 Å². The van der Waals surface area contributed by atoms with E-state index in [9.17, 15) is 4.79 Å². The zero-order valence-corrected chi connectivity index (χ0v) is 15.7. The van der Waals surface area contributed by atoms with E-state index >= 15 is 0 Å². The number of amides is 1. The molecule has 2 aromatic heterocycles. The van der Waals surface area contributed by atoms with Crippen molar-refractivity contribution < 1.29 is 9.53 Å². The quantitative estimate of drug-likeness (QED) is 0.581. The molecule has 1 N–H and O–H groups in total. The first kappa shape index (κ1) is 17.7. The van der Waals surface area contributed by atoms with Crippen molar-refractivity contribution in [1.82, 2.24) is 19.9 Å². The van der Waals surface area contributed by atoms with Crippen molar-refractivity contribution in [3.63, 3.8) is 0 Å². The largest absolute Gasteiger partial charge is 0.497 e. The van der Waals surface area contributed by atoms with Crippen LogP contribution in [0, 0.1) is 0 Å². The third kappa shape index (κ3) is 3.44. The Morgan fingerprint density at radius 3 is 2.68 bits per heavy atom. The van der Waals surface area contributed by atoms with Crippen LogP contribution in [0.2, 0.25) is 0 Å². The normalized spacial score (nSPS) is 10.8. The molecule has 0 aliphatic heterocycles. The van der Waals surface area contributed by atoms with Gasteiger partial charge >= 0.3 is 0 Å². The number of hydrogen-bond donors (Lipinski definition) is 1. The second kappa shape index (κ2) is 7.52. The molecule has 0 bridgehead atoms. The van der Waals surface area contributed by atoms with Gasteiger partial charge in [-0.25, -0.2) is 9.97 Å². The van der Waals surface area contributed by atoms with Gasteiger partial charge in [0.25, 0.3) is 5.91 Å². The molecule has 2 heterocycles. The summed E-state index contributed by atoms with van der Waals surface area (Å²) in [5.74, 6) is 1.44. The zero-order valence-electron chi connectivity index (χ0n) is 15.7. The number of rotatable bonds is 5. The Morgan fingerprint density at radius 2 is 1.93 bits per heavy atom. The van der Waals surface area contributed by atoms with E-state index in [-0.39, 0.29) is 5.91 Å². The van der Waals surface area contributed by atoms with Gasteiger partial charge in [0.15, 0.2) is 5.65 Å². The van der Waals surface area contributed by atoms with Crippen molar-refractivity contribution in [1.29, 1.82) is 0 Å². The van der Waals surface area contributed by atoms with Gasteiger partial charge in [0.1, 0.15) is 17.1 Å². The first-order valence-electron chi connectivity index (χ1n) is 8.95. The minimum absolute atomic E-state index is 0.130. The smallest absolute Gasteiger partial charge is 0.251 e. The molecule has 28 heavy (non-hydrogen) atoms. The lowest BCUT2D eigenvalue weighted by atomic mass is 10.1. The van der Waals surface area contributed by atoms with E-state index in [1.165, 1.54) is 0 Å². The lowest BCUT2D eigenvalue weighted by molar-refractivity contribution is 0.0951. The maximum atomic E-state index is 12.6. The number of carbonyl (C=O) groups is 1. The Balaban J connectivity index is 1.54. The molecule has 4 aromatic rings. The van der Waals surface area contributed by atoms with Crippen LogP contribution in [0.5, 0.6) is 5.75 Å². The topological polar surface area (TPSA) is 69.0 Å². The summed E-state index contributed by atoms with van der Waals surface area (Å²) in [5, 5.41) is 2.95. The highest BCUT2D eigenvalue weighted by Gasteiger charge is 2.13. The maximum Gasteiger partial charge on any atom is 0.251 e. The van der Waals surface area contributed by atoms with E-state index in [2.05, 4.69) is 15.3 Å². The summed E-state index contributed by atoms with van der Waals surface area (Å²) in [7, 11) is 3.55. The van der Waals surface area contributed by atoms with Gasteiger partial charge in [0.05, 0.1) is 7.11 Å². The molecule has 4 rings (SSSR count). The van der Waals surface area contributed by atoms with Gasteiger partial charge in [0.2, 0.25) is 0 Å². The molecule has 0 aliphatic rings. The van der Waals surface area contributed by atoms with E-state index in [4.69, 9.17) is 4.74 Å². The van der Waals surface area contributed by atoms with Crippen LogP contribution in [0.4, 0.5) is 0 Å². The fourth-order valence-electron chi connectivity index (χ4n) is 3.11. The van der Waals surface area contributed by atoms with Crippen molar-refractivity contribution in [2.24, 2.45) is 7.05 Å². The fourth-order valence-corrected chi connectivity index (χ4v) is 3.11. The lowest BCUT2D eigenvalue weighted by Crippen LogP contribution is -2.22. The van der Waals surface area contributed by atoms with Crippen molar-refractivity contribution in [3.05, 3.63) is 78.0 Å². The van der Waals surface area contributed by atoms with Crippen molar-refractivity contribution in [2.75, 3.05) is 7.11 Å². The van der Waals surface area contributed by atoms with Crippen LogP contribution in [0.25, 0.3) is 22.6 Å². The number of ether oxygens (including phenoxy) is 1. The molecule has 140 valence electrons. The Kier molecular flexibility index (Phi) is 4.76. The standard InChI is InChI=1S/C22H20N4O2/c1-26-20(25-19-7-4-12-23-21(19)26)16-5-3-6-17(13-16)22(27)24-14-15-8-10-18(28-2)11-9-15/h3-13H,14H2,1-2H3,(H,24,27). The molecule has 0 fully saturated rings. The van der Waals surface area contributed by atoms with Crippen LogP contribution in [0.1, 0.15) is 15.9 Å². The molecular weight excluding hydrogens is 352 g/mol. The molecular formula is C22H20N4O2. The molecule has 0 radical (unpaired) electrons. The number of benzene rings is 2. The average Bonchev–Trinajstić information content (AvgIpc) is 3.09. The number of pyridine rings is 1. The highest BCUT2D eigenvalue weighted by Crippen LogP contribution is 2.23. The molecule has 0 spiro atoms. The SMILES string of the molecule is COc1ccc(CNC(=O)c2cccc(-c3nc4cccnc4n3C)c2)cc1. The Labute approximate surface area is 162 Å². The Hall–Kier alpha value is -3.67. The monoisotopic (exact) mass is 372 g/mol. The molecule has 6 nitrogen and oxygen atoms in total. The highest BCUT2D eigenvalue weighted by molar-refractivity contribution is 5.95. The van der Waals surface area contributed by atoms with Gasteiger partial charge < -0.3 is 14.6 Å². The molecule has 0 aliphatic carbocycles. The number of hydrogen-bond acceptors (Lipinski definition) is 4. The molecule has 0 saturated carbocycles. The number of aromatic nitrogens is 3. The Morgan fingerprint density at radius 1 is 1.11 bits per heavy atom. The van der Waals surface area contributed by atoms with Crippen LogP contribution in [0.3, 0.4) is 0 Å². The predicted molar refractivity (Wildman–Crippen MR) is 108 cm³/mol. The van der Waals surface area contributed by atoms with E-state index in [1.807, 2.05) is 66.2 Å². The highest BCUT2D eigenvalue weighted by atomic mass is 16.5. The van der Waals surface area contributed by atoms with E-state index in [1.54, 1.807) is 19.4 Å². The van der Waals surface area contributed by atoms with E-state index < -0.39 is 0 Å². The van der Waals surface area contributed by atoms with Crippen molar-refractivity contribution in [3.8, 4) is 17.1 Å². The molecule has 0 saturated heterocycles. The van der Waals surface area contributed by atoms with Crippen molar-refractivity contribution >= 4 is 17.1 Å². The van der Waals surface area contributed by atoms with Gasteiger partial charge in [-0.05, 0) is 42.0 Å². The number of nitrogens with one attached hydrogen (secondary N) is 1. The van der Waals surface area contributed by atoms with Crippen molar-refractivity contribution in [2.45, 2.75) is 6.54 Å². The van der Waals surface area contributed by atoms with Gasteiger partial charge in [-0.3, -0.25) is 4.79 Å². The van der Waals surface area contributed by atoms with E-state index in [0.717, 1.165) is 33.9 Å². The summed E-state index contributed by atoms with van der Waals surface area (Å²) in [5.41, 5.74) is 4.11. The third-order valence-corrected chi connectivity index (χ3v) is 4.62. The third-order valence-electron chi connectivity index (χ3n) is 4.62. The molecule has 2 aromatic carbocycles. The summed E-state index contributed by atoms with van der Waals surface area (Å²) < 4.78 is 7.09. The number of methoxy groups -OCH3 is 1. The van der Waals surface area contributed by atoms with E-state index in [0.29, 0.717) is 12.1 Å². The fraction of sp³-hybridized carbons (Fsp3) is 0.136. The summed E-state index contributed by atoms with van der Waals surface area (Å²) in [6.45, 7) is 0.448. The number of nitrogens with zero attached hydrogens (tertiary/aromatic N) is 3. The maximum absolute atomic E-state index is 12.6. The summed E-state index contributed by atoms with van der Waals surface area (Å²) in [6.07, 6.45) is 1.75. The minimum Gasteiger partial charge on any atom is -0.497 e. The molecule has 0 unspecified atom stereocenters. The molecule has 6 heteroatoms. The van der Waals surface area contributed by atoms with Gasteiger partial charge in [-0.2, -0.15) is 0 Å². The summed E-state index contributed by atoms with van der Waals surface area (Å²) >= 11 is 0. The summed E-state index contributed by atoms with van der Waals surface area (Å²) in [4.78, 5) is 21.6. The van der Waals surface area contributed by atoms with Gasteiger partial charge in [-0.1, -0.05) is 24.3 Å². The molecule has 1 amide bonds. The van der Waals surface area contributed by atoms with Gasteiger partial charge in [0, 0.05) is 30.9 Å². The molecule has 0 atom stereocenters. The van der Waals surface area contributed by atoms with Crippen LogP contribution < -0.4 is 10.1 Å². The minimum atomic E-state index is -0.130. The van der Waals surface area contributed by atoms with Crippen LogP contribution in [0.15, 0.2) is 66.9 Å². The summed E-state index contributed by atoms with van der Waals surface area (Å²) in [6, 6.07) is 18.9. The predicted octanol–water partition coefficient (Wildman–Crippen LogP) is 3.57. The Bertz CT molecular complexity index is 1130. The number of fused-ring (bicyclic) bond motifs is 1. The number of imidazole rings is 1. The average molecular weight is 372 g/mol. The lowest BCUT2D eigenvalue weighted by Gasteiger charge is -2.08. The van der Waals surface area contributed by atoms with Crippen LogP contribution >= 0.6 is 0 Å². The first-order valence-corrected chi connectivity index (χ1v) is 8.95. The van der Waals surface area contributed by atoms with Crippen LogP contribution in [-0.2, 0) is 13.6 Å². The zero-order chi connectivity index (χ0) is 19.5. The number of carbonyl (C=O) groups excluding carboxylic acids is 1. The van der Waals surface area contributed by atoms with Gasteiger partial charge in [-0.15, -0.1) is 0 Å². The number of aryl methyl sites for hydroxylation is 1. The second-order valence-corrected chi connectivity index (χ2v) is 6.45. The first-order chi connectivity index (χ1) is 13.7. The second-order valence-electron chi connectivity index (χ2n) is 6.45.